The first-order valence-electron chi connectivity index (χ1n) is 7.09. The van der Waals surface area contributed by atoms with Crippen molar-refractivity contribution >= 4 is 29.1 Å². The predicted octanol–water partition coefficient (Wildman–Crippen LogP) is 3.00. The highest BCUT2D eigenvalue weighted by Crippen LogP contribution is 2.24. The van der Waals surface area contributed by atoms with Crippen molar-refractivity contribution < 1.29 is 9.53 Å². The van der Waals surface area contributed by atoms with Crippen LogP contribution in [-0.2, 0) is 4.74 Å². The first kappa shape index (κ1) is 15.0. The van der Waals surface area contributed by atoms with Gasteiger partial charge in [-0.15, -0.1) is 0 Å². The molecule has 1 aromatic carbocycles. The van der Waals surface area contributed by atoms with E-state index in [2.05, 4.69) is 5.32 Å². The highest BCUT2D eigenvalue weighted by atomic mass is 32.2. The molecule has 1 aliphatic rings. The highest BCUT2D eigenvalue weighted by Gasteiger charge is 2.15. The Hall–Kier alpha value is -1.36. The van der Waals surface area contributed by atoms with E-state index in [0.29, 0.717) is 17.9 Å². The van der Waals surface area contributed by atoms with E-state index in [9.17, 15) is 4.79 Å². The Morgan fingerprint density at radius 1 is 1.45 bits per heavy atom. The van der Waals surface area contributed by atoms with Gasteiger partial charge >= 0.3 is 5.97 Å². The predicted molar refractivity (Wildman–Crippen MR) is 85.3 cm³/mol. The van der Waals surface area contributed by atoms with Crippen LogP contribution in [0.25, 0.3) is 0 Å². The van der Waals surface area contributed by atoms with Gasteiger partial charge in [-0.3, -0.25) is 0 Å². The van der Waals surface area contributed by atoms with E-state index in [4.69, 9.17) is 10.5 Å². The second-order valence-electron chi connectivity index (χ2n) is 4.96. The fourth-order valence-corrected chi connectivity index (χ4v) is 3.47. The third kappa shape index (κ3) is 4.07. The fraction of sp³-hybridized carbons (Fsp3) is 0.533. The van der Waals surface area contributed by atoms with Crippen molar-refractivity contribution in [2.24, 2.45) is 5.92 Å². The molecule has 1 aromatic rings. The minimum Gasteiger partial charge on any atom is -0.462 e. The molecule has 110 valence electrons. The fourth-order valence-electron chi connectivity index (χ4n) is 2.26. The molecule has 1 heterocycles. The van der Waals surface area contributed by atoms with E-state index in [1.807, 2.05) is 17.8 Å². The van der Waals surface area contributed by atoms with Crippen LogP contribution in [0.5, 0.6) is 0 Å². The van der Waals surface area contributed by atoms with Gasteiger partial charge in [-0.05, 0) is 55.4 Å². The Kier molecular flexibility index (Phi) is 5.59. The minimum absolute atomic E-state index is 0.357. The molecule has 20 heavy (non-hydrogen) atoms. The summed E-state index contributed by atoms with van der Waals surface area (Å²) in [6, 6.07) is 5.45. The van der Waals surface area contributed by atoms with Crippen LogP contribution in [0.1, 0.15) is 30.1 Å². The molecule has 0 amide bonds. The first-order chi connectivity index (χ1) is 9.70. The maximum absolute atomic E-state index is 11.8. The molecule has 3 N–H and O–H groups in total. The largest absolute Gasteiger partial charge is 0.462 e. The molecule has 0 saturated carbocycles. The van der Waals surface area contributed by atoms with E-state index < -0.39 is 0 Å². The number of nitrogens with two attached hydrogens (primary N) is 1. The van der Waals surface area contributed by atoms with Crippen LogP contribution in [0.2, 0.25) is 0 Å². The van der Waals surface area contributed by atoms with Crippen LogP contribution in [0.4, 0.5) is 11.4 Å². The molecule has 2 rings (SSSR count). The zero-order valence-electron chi connectivity index (χ0n) is 11.9. The normalized spacial score (nSPS) is 15.8. The summed E-state index contributed by atoms with van der Waals surface area (Å²) in [6.45, 7) is 3.10. The van der Waals surface area contributed by atoms with Crippen LogP contribution in [0.15, 0.2) is 18.2 Å². The van der Waals surface area contributed by atoms with Crippen LogP contribution < -0.4 is 11.1 Å². The van der Waals surface area contributed by atoms with Crippen molar-refractivity contribution in [2.45, 2.75) is 19.8 Å². The molecule has 0 aromatic heterocycles. The summed E-state index contributed by atoms with van der Waals surface area (Å²) in [7, 11) is 0. The van der Waals surface area contributed by atoms with Gasteiger partial charge in [0, 0.05) is 17.9 Å². The van der Waals surface area contributed by atoms with E-state index in [1.165, 1.54) is 24.3 Å². The number of ether oxygens (including phenoxy) is 1. The Morgan fingerprint density at radius 3 is 2.90 bits per heavy atom. The van der Waals surface area contributed by atoms with Crippen LogP contribution in [0.3, 0.4) is 0 Å². The highest BCUT2D eigenvalue weighted by molar-refractivity contribution is 7.99. The SMILES string of the molecule is CCOC(=O)c1cc(NCC2CCSCC2)ccc1N. The molecule has 1 saturated heterocycles. The zero-order chi connectivity index (χ0) is 14.4. The Bertz CT molecular complexity index is 459. The van der Waals surface area contributed by atoms with Gasteiger partial charge in [0.25, 0.3) is 0 Å². The van der Waals surface area contributed by atoms with Crippen molar-refractivity contribution in [2.75, 3.05) is 35.7 Å². The van der Waals surface area contributed by atoms with Gasteiger partial charge in [0.15, 0.2) is 0 Å². The first-order valence-corrected chi connectivity index (χ1v) is 8.24. The van der Waals surface area contributed by atoms with Gasteiger partial charge < -0.3 is 15.8 Å². The summed E-state index contributed by atoms with van der Waals surface area (Å²) in [5.74, 6) is 2.87. The standard InChI is InChI=1S/C15H22N2O2S/c1-2-19-15(18)13-9-12(3-4-14(13)16)17-10-11-5-7-20-8-6-11/h3-4,9,11,17H,2,5-8,10,16H2,1H3. The quantitative estimate of drug-likeness (QED) is 0.645. The van der Waals surface area contributed by atoms with Gasteiger partial charge in [-0.2, -0.15) is 11.8 Å². The smallest absolute Gasteiger partial charge is 0.340 e. The second-order valence-corrected chi connectivity index (χ2v) is 6.18. The number of carbonyl (C=O) groups is 1. The maximum Gasteiger partial charge on any atom is 0.340 e. The summed E-state index contributed by atoms with van der Waals surface area (Å²) < 4.78 is 5.01. The number of hydrogen-bond acceptors (Lipinski definition) is 5. The maximum atomic E-state index is 11.8. The molecule has 0 unspecified atom stereocenters. The lowest BCUT2D eigenvalue weighted by Crippen LogP contribution is -2.19. The molecule has 0 atom stereocenters. The molecule has 0 bridgehead atoms. The second kappa shape index (κ2) is 7.43. The van der Waals surface area contributed by atoms with Crippen molar-refractivity contribution in [1.82, 2.24) is 0 Å². The van der Waals surface area contributed by atoms with Gasteiger partial charge in [0.05, 0.1) is 12.2 Å². The van der Waals surface area contributed by atoms with Gasteiger partial charge in [-0.25, -0.2) is 4.79 Å². The van der Waals surface area contributed by atoms with Gasteiger partial charge in [0.1, 0.15) is 0 Å². The van der Waals surface area contributed by atoms with Crippen molar-refractivity contribution in [3.05, 3.63) is 23.8 Å². The number of thioether (sulfide) groups is 1. The number of nitrogens with one attached hydrogen (secondary N) is 1. The molecular weight excluding hydrogens is 272 g/mol. The topological polar surface area (TPSA) is 64.3 Å². The van der Waals surface area contributed by atoms with E-state index in [1.54, 1.807) is 19.1 Å². The molecule has 1 aliphatic heterocycles. The molecular formula is C15H22N2O2S. The van der Waals surface area contributed by atoms with Crippen molar-refractivity contribution in [3.8, 4) is 0 Å². The third-order valence-electron chi connectivity index (χ3n) is 3.48. The number of benzene rings is 1. The van der Waals surface area contributed by atoms with Gasteiger partial charge in [0.2, 0.25) is 0 Å². The Balaban J connectivity index is 1.97. The number of hydrogen-bond donors (Lipinski definition) is 2. The van der Waals surface area contributed by atoms with Gasteiger partial charge in [-0.1, -0.05) is 0 Å². The number of carbonyl (C=O) groups excluding carboxylic acids is 1. The van der Waals surface area contributed by atoms with Crippen LogP contribution >= 0.6 is 11.8 Å². The summed E-state index contributed by atoms with van der Waals surface area (Å²) >= 11 is 2.03. The monoisotopic (exact) mass is 294 g/mol. The summed E-state index contributed by atoms with van der Waals surface area (Å²) in [5, 5.41) is 3.41. The number of rotatable bonds is 5. The van der Waals surface area contributed by atoms with E-state index >= 15 is 0 Å². The Morgan fingerprint density at radius 2 is 2.20 bits per heavy atom. The molecule has 0 aliphatic carbocycles. The van der Waals surface area contributed by atoms with Crippen molar-refractivity contribution in [1.29, 1.82) is 0 Å². The average molecular weight is 294 g/mol. The van der Waals surface area contributed by atoms with E-state index in [-0.39, 0.29) is 5.97 Å². The Labute approximate surface area is 124 Å². The zero-order valence-corrected chi connectivity index (χ0v) is 12.7. The number of nitrogen functional groups attached to an aromatic ring is 1. The molecule has 1 fully saturated rings. The average Bonchev–Trinajstić information content (AvgIpc) is 2.47. The number of anilines is 2. The summed E-state index contributed by atoms with van der Waals surface area (Å²) in [5.41, 5.74) is 7.66. The third-order valence-corrected chi connectivity index (χ3v) is 4.53. The molecule has 0 radical (unpaired) electrons. The number of esters is 1. The molecule has 4 nitrogen and oxygen atoms in total. The van der Waals surface area contributed by atoms with Crippen LogP contribution in [-0.4, -0.2) is 30.6 Å². The lowest BCUT2D eigenvalue weighted by atomic mass is 10.0. The lowest BCUT2D eigenvalue weighted by Gasteiger charge is -2.22. The van der Waals surface area contributed by atoms with E-state index in [0.717, 1.165) is 18.2 Å². The molecule has 5 heteroatoms. The van der Waals surface area contributed by atoms with Crippen LogP contribution in [0, 0.1) is 5.92 Å². The lowest BCUT2D eigenvalue weighted by molar-refractivity contribution is 0.0527. The van der Waals surface area contributed by atoms with Crippen molar-refractivity contribution in [3.63, 3.8) is 0 Å². The minimum atomic E-state index is -0.359. The summed E-state index contributed by atoms with van der Waals surface area (Å²) in [6.07, 6.45) is 2.52. The summed E-state index contributed by atoms with van der Waals surface area (Å²) in [4.78, 5) is 11.8. The molecule has 0 spiro atoms.